The van der Waals surface area contributed by atoms with Crippen LogP contribution in [0.15, 0.2) is 12.3 Å². The van der Waals surface area contributed by atoms with Crippen molar-refractivity contribution in [2.24, 2.45) is 5.73 Å². The van der Waals surface area contributed by atoms with Crippen molar-refractivity contribution >= 4 is 17.2 Å². The molecule has 1 aromatic heterocycles. The normalized spacial score (nSPS) is 12.8. The molecule has 0 aromatic carbocycles. The molecule has 0 aliphatic carbocycles. The highest BCUT2D eigenvalue weighted by atomic mass is 16.5. The smallest absolute Gasteiger partial charge is 0.251 e. The maximum atomic E-state index is 11.2. The predicted octanol–water partition coefficient (Wildman–Crippen LogP) is 0.799. The van der Waals surface area contributed by atoms with Gasteiger partial charge < -0.3 is 10.5 Å². The number of ether oxygens (including phenoxy) is 1. The number of nitrogens with zero attached hydrogens (tertiary/aromatic N) is 2. The summed E-state index contributed by atoms with van der Waals surface area (Å²) in [7, 11) is 1.49. The van der Waals surface area contributed by atoms with Crippen LogP contribution in [0.5, 0.6) is 5.88 Å². The molecule has 2 heterocycles. The summed E-state index contributed by atoms with van der Waals surface area (Å²) in [5, 5.41) is 4.10. The van der Waals surface area contributed by atoms with E-state index in [9.17, 15) is 4.79 Å². The number of pyridine rings is 1. The number of carbonyl (C=O) groups is 1. The van der Waals surface area contributed by atoms with Crippen molar-refractivity contribution in [3.63, 3.8) is 0 Å². The number of rotatable bonds is 2. The molecule has 0 saturated carbocycles. The molecule has 0 saturated heterocycles. The molecule has 2 N–H and O–H groups in total. The summed E-state index contributed by atoms with van der Waals surface area (Å²) in [6.07, 6.45) is 1.66. The van der Waals surface area contributed by atoms with Gasteiger partial charge in [0.1, 0.15) is 5.69 Å². The van der Waals surface area contributed by atoms with E-state index in [1.165, 1.54) is 13.2 Å². The Hall–Kier alpha value is -2.04. The summed E-state index contributed by atoms with van der Waals surface area (Å²) in [6, 6.07) is 1.50. The van der Waals surface area contributed by atoms with Crippen LogP contribution in [-0.4, -0.2) is 18.0 Å². The van der Waals surface area contributed by atoms with E-state index in [1.54, 1.807) is 6.20 Å². The second-order valence-electron chi connectivity index (χ2n) is 3.21. The fourth-order valence-electron chi connectivity index (χ4n) is 1.44. The average molecular weight is 204 g/mol. The van der Waals surface area contributed by atoms with E-state index >= 15 is 0 Å². The molecular weight excluding hydrogens is 194 g/mol. The summed E-state index contributed by atoms with van der Waals surface area (Å²) >= 11 is 0. The Morgan fingerprint density at radius 2 is 2.27 bits per heavy atom. The molecule has 2 rings (SSSR count). The number of fused-ring (bicyclic) bond motifs is 1. The van der Waals surface area contributed by atoms with E-state index < -0.39 is 5.91 Å². The van der Waals surface area contributed by atoms with Crippen LogP contribution in [0.25, 0.3) is 5.57 Å². The van der Waals surface area contributed by atoms with Gasteiger partial charge in [0.05, 0.1) is 18.4 Å². The second kappa shape index (κ2) is 3.27. The van der Waals surface area contributed by atoms with Crippen LogP contribution >= 0.6 is 0 Å². The first-order valence-corrected chi connectivity index (χ1v) is 4.40. The first-order valence-electron chi connectivity index (χ1n) is 4.40. The number of primary amides is 1. The van der Waals surface area contributed by atoms with Crippen molar-refractivity contribution in [1.29, 1.82) is 0 Å². The summed E-state index contributed by atoms with van der Waals surface area (Å²) < 4.78 is 4.99. The van der Waals surface area contributed by atoms with Crippen molar-refractivity contribution in [1.82, 2.24) is 10.3 Å². The molecule has 1 aromatic rings. The standard InChI is InChI=1S/C10H10N3O2/c1-5-4-12-9-6(10(11)14)3-7(15-2)13-8(5)9/h3-4H,1-2H3,(H2,11,14). The minimum atomic E-state index is -0.529. The number of methoxy groups -OCH3 is 1. The molecule has 1 amide bonds. The summed E-state index contributed by atoms with van der Waals surface area (Å²) in [5.74, 6) is -0.161. The topological polar surface area (TPSA) is 79.3 Å². The van der Waals surface area contributed by atoms with E-state index in [-0.39, 0.29) is 0 Å². The van der Waals surface area contributed by atoms with Gasteiger partial charge in [0.2, 0.25) is 5.88 Å². The molecule has 0 bridgehead atoms. The molecule has 15 heavy (non-hydrogen) atoms. The molecule has 0 spiro atoms. The van der Waals surface area contributed by atoms with Gasteiger partial charge in [-0.05, 0) is 12.5 Å². The first kappa shape index (κ1) is 9.51. The minimum Gasteiger partial charge on any atom is -0.481 e. The Bertz CT molecular complexity index is 466. The second-order valence-corrected chi connectivity index (χ2v) is 3.21. The van der Waals surface area contributed by atoms with Gasteiger partial charge in [-0.25, -0.2) is 4.98 Å². The van der Waals surface area contributed by atoms with Gasteiger partial charge in [0.15, 0.2) is 0 Å². The number of aromatic nitrogens is 1. The maximum absolute atomic E-state index is 11.2. The highest BCUT2D eigenvalue weighted by molar-refractivity contribution is 6.01. The van der Waals surface area contributed by atoms with Crippen molar-refractivity contribution in [2.45, 2.75) is 6.92 Å². The zero-order chi connectivity index (χ0) is 11.0. The Balaban J connectivity index is 2.64. The largest absolute Gasteiger partial charge is 0.481 e. The highest BCUT2D eigenvalue weighted by Gasteiger charge is 2.22. The fraction of sp³-hybridized carbons (Fsp3) is 0.200. The molecule has 0 unspecified atom stereocenters. The number of hydrogen-bond acceptors (Lipinski definition) is 3. The molecule has 1 aliphatic rings. The van der Waals surface area contributed by atoms with Crippen molar-refractivity contribution in [2.75, 3.05) is 7.11 Å². The quantitative estimate of drug-likeness (QED) is 0.773. The molecule has 1 aliphatic heterocycles. The van der Waals surface area contributed by atoms with Crippen LogP contribution in [0.1, 0.15) is 23.0 Å². The van der Waals surface area contributed by atoms with Crippen LogP contribution in [0.2, 0.25) is 0 Å². The summed E-state index contributed by atoms with van der Waals surface area (Å²) in [6.45, 7) is 1.87. The minimum absolute atomic E-state index is 0.338. The van der Waals surface area contributed by atoms with Gasteiger partial charge in [0.25, 0.3) is 5.91 Å². The number of amides is 1. The number of hydrogen-bond donors (Lipinski definition) is 1. The van der Waals surface area contributed by atoms with Crippen LogP contribution in [0, 0.1) is 0 Å². The molecule has 5 heteroatoms. The van der Waals surface area contributed by atoms with E-state index in [0.717, 1.165) is 5.57 Å². The fourth-order valence-corrected chi connectivity index (χ4v) is 1.44. The van der Waals surface area contributed by atoms with Gasteiger partial charge in [-0.15, -0.1) is 0 Å². The Kier molecular flexibility index (Phi) is 2.07. The highest BCUT2D eigenvalue weighted by Crippen LogP contribution is 2.33. The van der Waals surface area contributed by atoms with Gasteiger partial charge in [-0.2, -0.15) is 0 Å². The van der Waals surface area contributed by atoms with E-state index in [1.807, 2.05) is 6.92 Å². The van der Waals surface area contributed by atoms with Crippen LogP contribution in [0.4, 0.5) is 5.69 Å². The monoisotopic (exact) mass is 204 g/mol. The van der Waals surface area contributed by atoms with Crippen LogP contribution in [0.3, 0.4) is 0 Å². The predicted molar refractivity (Wildman–Crippen MR) is 54.8 cm³/mol. The van der Waals surface area contributed by atoms with E-state index in [4.69, 9.17) is 10.5 Å². The number of carbonyl (C=O) groups excluding carboxylic acids is 1. The Labute approximate surface area is 86.9 Å². The van der Waals surface area contributed by atoms with Crippen LogP contribution in [-0.2, 0) is 0 Å². The Morgan fingerprint density at radius 1 is 1.53 bits per heavy atom. The van der Waals surface area contributed by atoms with E-state index in [2.05, 4.69) is 10.3 Å². The van der Waals surface area contributed by atoms with Crippen molar-refractivity contribution in [3.8, 4) is 5.88 Å². The lowest BCUT2D eigenvalue weighted by Gasteiger charge is -2.07. The lowest BCUT2D eigenvalue weighted by Crippen LogP contribution is -2.13. The summed E-state index contributed by atoms with van der Waals surface area (Å²) in [4.78, 5) is 15.4. The third-order valence-corrected chi connectivity index (χ3v) is 2.20. The average Bonchev–Trinajstić information content (AvgIpc) is 2.59. The van der Waals surface area contributed by atoms with Gasteiger partial charge >= 0.3 is 0 Å². The van der Waals surface area contributed by atoms with Gasteiger partial charge in [-0.1, -0.05) is 0 Å². The first-order chi connectivity index (χ1) is 7.13. The Morgan fingerprint density at radius 3 is 2.87 bits per heavy atom. The van der Waals surface area contributed by atoms with Gasteiger partial charge in [-0.3, -0.25) is 10.1 Å². The van der Waals surface area contributed by atoms with Crippen molar-refractivity contribution in [3.05, 3.63) is 23.5 Å². The number of allylic oxidation sites excluding steroid dienone is 1. The molecule has 77 valence electrons. The molecule has 0 fully saturated rings. The number of nitrogens with two attached hydrogens (primary N) is 1. The van der Waals surface area contributed by atoms with E-state index in [0.29, 0.717) is 22.8 Å². The van der Waals surface area contributed by atoms with Crippen molar-refractivity contribution < 1.29 is 9.53 Å². The lowest BCUT2D eigenvalue weighted by molar-refractivity contribution is 0.1000. The molecule has 0 atom stereocenters. The molecular formula is C10H10N3O2. The van der Waals surface area contributed by atoms with Crippen LogP contribution < -0.4 is 15.8 Å². The molecule has 5 nitrogen and oxygen atoms in total. The summed E-state index contributed by atoms with van der Waals surface area (Å²) in [5.41, 5.74) is 7.67. The maximum Gasteiger partial charge on any atom is 0.251 e. The van der Waals surface area contributed by atoms with Gasteiger partial charge in [0, 0.05) is 12.3 Å². The third kappa shape index (κ3) is 1.41. The third-order valence-electron chi connectivity index (χ3n) is 2.20. The zero-order valence-corrected chi connectivity index (χ0v) is 8.44. The lowest BCUT2D eigenvalue weighted by atomic mass is 10.1. The SMILES string of the molecule is COc1cc(C(N)=O)c2c(n1)C(C)=C[N]2. The molecule has 1 radical (unpaired) electrons. The zero-order valence-electron chi connectivity index (χ0n) is 8.44.